The maximum atomic E-state index is 13.4. The van der Waals surface area contributed by atoms with E-state index in [9.17, 15) is 9.59 Å². The predicted octanol–water partition coefficient (Wildman–Crippen LogP) is 7.28. The average molecular weight is 569 g/mol. The number of ether oxygens (including phenoxy) is 2. The second kappa shape index (κ2) is 12.5. The van der Waals surface area contributed by atoms with Crippen molar-refractivity contribution in [2.24, 2.45) is 0 Å². The number of allylic oxidation sites excluding steroid dienone is 3. The normalized spacial score (nSPS) is 17.4. The highest BCUT2D eigenvalue weighted by Gasteiger charge is 2.37. The van der Waals surface area contributed by atoms with E-state index in [4.69, 9.17) is 25.5 Å². The van der Waals surface area contributed by atoms with E-state index < -0.39 is 14.3 Å². The first-order valence-corrected chi connectivity index (χ1v) is 16.3. The van der Waals surface area contributed by atoms with Gasteiger partial charge in [0.2, 0.25) is 5.78 Å². The Balaban J connectivity index is 1.62. The fourth-order valence-corrected chi connectivity index (χ4v) is 5.12. The number of ketones is 1. The van der Waals surface area contributed by atoms with Gasteiger partial charge in [-0.15, -0.1) is 0 Å². The number of halogens is 1. The van der Waals surface area contributed by atoms with Crippen molar-refractivity contribution in [2.45, 2.75) is 38.9 Å². The summed E-state index contributed by atoms with van der Waals surface area (Å²) >= 11 is 6.06. The molecule has 0 amide bonds. The van der Waals surface area contributed by atoms with Gasteiger partial charge in [-0.05, 0) is 72.2 Å². The first-order valence-electron chi connectivity index (χ1n) is 13.0. The highest BCUT2D eigenvalue weighted by molar-refractivity contribution is 6.74. The summed E-state index contributed by atoms with van der Waals surface area (Å²) in [7, 11) is 1.50. The highest BCUT2D eigenvalue weighted by atomic mass is 35.5. The lowest BCUT2D eigenvalue weighted by atomic mass is 10.1. The molecular weight excluding hydrogens is 530 g/mol. The van der Waals surface area contributed by atoms with Crippen LogP contribution in [-0.2, 0) is 9.16 Å². The van der Waals surface area contributed by atoms with Crippen LogP contribution in [0.15, 0.2) is 72.6 Å². The number of methoxy groups -OCH3 is 1. The van der Waals surface area contributed by atoms with Crippen LogP contribution in [0.3, 0.4) is 0 Å². The van der Waals surface area contributed by atoms with Gasteiger partial charge in [0.05, 0.1) is 26.3 Å². The molecule has 0 aliphatic carbocycles. The van der Waals surface area contributed by atoms with Crippen LogP contribution in [0.2, 0.25) is 23.2 Å². The summed E-state index contributed by atoms with van der Waals surface area (Å²) in [6.45, 7) is 12.6. The summed E-state index contributed by atoms with van der Waals surface area (Å²) in [5.74, 6) is 0.198. The number of carbonyl (C=O) groups is 2. The lowest BCUT2D eigenvalue weighted by Gasteiger charge is -2.36. The van der Waals surface area contributed by atoms with Gasteiger partial charge >= 0.3 is 5.97 Å². The third-order valence-electron chi connectivity index (χ3n) is 7.39. The number of rotatable bonds is 11. The van der Waals surface area contributed by atoms with Crippen LogP contribution in [0.5, 0.6) is 5.75 Å². The van der Waals surface area contributed by atoms with Gasteiger partial charge in [-0.3, -0.25) is 9.28 Å². The zero-order valence-electron chi connectivity index (χ0n) is 23.9. The Kier molecular flexibility index (Phi) is 9.77. The van der Waals surface area contributed by atoms with Crippen LogP contribution in [0.1, 0.15) is 47.1 Å². The maximum Gasteiger partial charge on any atom is 0.338 e. The summed E-state index contributed by atoms with van der Waals surface area (Å²) in [5.41, 5.74) is 2.33. The SMILES string of the molecule is COC(=O)c1cc(Cl)ccc1C=CC[N+]1(C)C=CC=C1C(=O)c1ccc(OCCO[Si](C)(C)C(C)(C)C)cc1. The molecule has 0 bridgehead atoms. The molecule has 0 saturated heterocycles. The van der Waals surface area contributed by atoms with E-state index in [1.807, 2.05) is 49.7 Å². The molecule has 208 valence electrons. The molecule has 1 unspecified atom stereocenters. The van der Waals surface area contributed by atoms with Crippen LogP contribution < -0.4 is 4.74 Å². The van der Waals surface area contributed by atoms with Crippen molar-refractivity contribution in [3.63, 3.8) is 0 Å². The van der Waals surface area contributed by atoms with Crippen LogP contribution in [-0.4, -0.2) is 58.5 Å². The Morgan fingerprint density at radius 2 is 1.74 bits per heavy atom. The van der Waals surface area contributed by atoms with Crippen molar-refractivity contribution in [3.05, 3.63) is 94.3 Å². The van der Waals surface area contributed by atoms with Gasteiger partial charge in [0.25, 0.3) is 0 Å². The topological polar surface area (TPSA) is 61.8 Å². The molecule has 1 aliphatic rings. The molecule has 0 spiro atoms. The Hall–Kier alpha value is -2.97. The van der Waals surface area contributed by atoms with Gasteiger partial charge in [-0.25, -0.2) is 4.79 Å². The predicted molar refractivity (Wildman–Crippen MR) is 160 cm³/mol. The average Bonchev–Trinajstić information content (AvgIpc) is 3.27. The minimum Gasteiger partial charge on any atom is -0.491 e. The van der Waals surface area contributed by atoms with Crippen molar-refractivity contribution < 1.29 is 28.0 Å². The summed E-state index contributed by atoms with van der Waals surface area (Å²) in [6.07, 6.45) is 9.50. The van der Waals surface area contributed by atoms with Crippen LogP contribution >= 0.6 is 11.6 Å². The molecule has 2 aromatic carbocycles. The minimum absolute atomic E-state index is 0.0505. The van der Waals surface area contributed by atoms with Crippen molar-refractivity contribution in [1.82, 2.24) is 0 Å². The van der Waals surface area contributed by atoms with Gasteiger partial charge in [0, 0.05) is 16.7 Å². The Morgan fingerprint density at radius 1 is 1.05 bits per heavy atom. The van der Waals surface area contributed by atoms with Gasteiger partial charge in [-0.1, -0.05) is 44.5 Å². The fraction of sp³-hybridized carbons (Fsp3) is 0.355. The first kappa shape index (κ1) is 30.6. The first-order chi connectivity index (χ1) is 18.3. The standard InChI is InChI=1S/C31H39ClNO5Si/c1-31(2,3)39(6,7)38-21-20-37-26-16-13-24(14-17-26)29(34)28-11-9-19-33(28,4)18-8-10-23-12-15-25(32)22-27(23)30(35)36-5/h8-17,19,22H,18,20-21H2,1-7H3/q+1. The van der Waals surface area contributed by atoms with Crippen molar-refractivity contribution in [2.75, 3.05) is 33.9 Å². The van der Waals surface area contributed by atoms with E-state index in [2.05, 4.69) is 33.9 Å². The zero-order chi connectivity index (χ0) is 28.8. The van der Waals surface area contributed by atoms with Gasteiger partial charge in [-0.2, -0.15) is 0 Å². The quantitative estimate of drug-likeness (QED) is 0.0937. The summed E-state index contributed by atoms with van der Waals surface area (Å²) in [5, 5.41) is 0.615. The number of benzene rings is 2. The van der Waals surface area contributed by atoms with E-state index in [1.54, 1.807) is 30.3 Å². The number of quaternary nitrogens is 1. The molecular formula is C31H39ClNO5Si+. The van der Waals surface area contributed by atoms with E-state index in [0.29, 0.717) is 57.4 Å². The summed E-state index contributed by atoms with van der Waals surface area (Å²) in [6, 6.07) is 12.3. The maximum absolute atomic E-state index is 13.4. The van der Waals surface area contributed by atoms with Gasteiger partial charge in [0.15, 0.2) is 14.0 Å². The molecule has 0 fully saturated rings. The molecule has 6 nitrogen and oxygen atoms in total. The lowest BCUT2D eigenvalue weighted by molar-refractivity contribution is -0.806. The summed E-state index contributed by atoms with van der Waals surface area (Å²) < 4.78 is 17.2. The Morgan fingerprint density at radius 3 is 2.38 bits per heavy atom. The van der Waals surface area contributed by atoms with Crippen molar-refractivity contribution >= 4 is 37.7 Å². The largest absolute Gasteiger partial charge is 0.491 e. The Labute approximate surface area is 238 Å². The summed E-state index contributed by atoms with van der Waals surface area (Å²) in [4.78, 5) is 25.6. The van der Waals surface area contributed by atoms with Crippen LogP contribution in [0, 0.1) is 0 Å². The van der Waals surface area contributed by atoms with Crippen LogP contribution in [0.25, 0.3) is 6.08 Å². The number of esters is 1. The van der Waals surface area contributed by atoms with Gasteiger partial charge < -0.3 is 13.9 Å². The molecule has 0 radical (unpaired) electrons. The van der Waals surface area contributed by atoms with E-state index in [1.165, 1.54) is 7.11 Å². The molecule has 3 rings (SSSR count). The van der Waals surface area contributed by atoms with E-state index in [-0.39, 0.29) is 10.8 Å². The van der Waals surface area contributed by atoms with E-state index >= 15 is 0 Å². The zero-order valence-corrected chi connectivity index (χ0v) is 25.7. The van der Waals surface area contributed by atoms with Crippen molar-refractivity contribution in [1.29, 1.82) is 0 Å². The lowest BCUT2D eigenvalue weighted by Crippen LogP contribution is -2.41. The third kappa shape index (κ3) is 7.57. The smallest absolute Gasteiger partial charge is 0.338 e. The highest BCUT2D eigenvalue weighted by Crippen LogP contribution is 2.36. The number of hydrogen-bond acceptors (Lipinski definition) is 5. The molecule has 0 saturated carbocycles. The molecule has 2 aromatic rings. The van der Waals surface area contributed by atoms with Crippen molar-refractivity contribution in [3.8, 4) is 5.75 Å². The number of carbonyl (C=O) groups excluding carboxylic acids is 2. The number of Topliss-reactive ketones (excluding diaryl/α,β-unsaturated/α-hetero) is 1. The second-order valence-corrected chi connectivity index (χ2v) is 16.5. The monoisotopic (exact) mass is 568 g/mol. The Bertz CT molecular complexity index is 1290. The number of nitrogens with zero attached hydrogens (tertiary/aromatic N) is 1. The fourth-order valence-electron chi connectivity index (χ4n) is 3.92. The molecule has 1 heterocycles. The minimum atomic E-state index is -1.81. The van der Waals surface area contributed by atoms with Crippen LogP contribution in [0.4, 0.5) is 0 Å². The molecule has 0 aromatic heterocycles. The van der Waals surface area contributed by atoms with Gasteiger partial charge in [0.1, 0.15) is 25.1 Å². The molecule has 1 aliphatic heterocycles. The second-order valence-electron chi connectivity index (χ2n) is 11.3. The number of hydrogen-bond donors (Lipinski definition) is 0. The molecule has 0 N–H and O–H groups in total. The third-order valence-corrected chi connectivity index (χ3v) is 12.2. The molecule has 8 heteroatoms. The van der Waals surface area contributed by atoms with E-state index in [0.717, 1.165) is 0 Å². The molecule has 1 atom stereocenters. The number of likely N-dealkylation sites (N-methyl/N-ethyl adjacent to an activating group) is 1. The molecule has 39 heavy (non-hydrogen) atoms.